The highest BCUT2D eigenvalue weighted by atomic mass is 16.5. The van der Waals surface area contributed by atoms with Gasteiger partial charge in [-0.2, -0.15) is 0 Å². The number of carbonyl (C=O) groups excluding carboxylic acids is 1. The molecule has 0 saturated carbocycles. The fraction of sp³-hybridized carbons (Fsp3) is 0.375. The Hall–Kier alpha value is -3.15. The van der Waals surface area contributed by atoms with E-state index in [9.17, 15) is 4.79 Å². The van der Waals surface area contributed by atoms with Crippen LogP contribution in [0.15, 0.2) is 48.5 Å². The number of rotatable bonds is 6. The second-order valence-corrected chi connectivity index (χ2v) is 7.71. The van der Waals surface area contributed by atoms with Crippen LogP contribution in [0.2, 0.25) is 0 Å². The molecule has 30 heavy (non-hydrogen) atoms. The second-order valence-electron chi connectivity index (χ2n) is 7.71. The van der Waals surface area contributed by atoms with Crippen molar-refractivity contribution in [2.75, 3.05) is 37.7 Å². The summed E-state index contributed by atoms with van der Waals surface area (Å²) in [6.07, 6.45) is 1.24. The van der Waals surface area contributed by atoms with Gasteiger partial charge in [-0.05, 0) is 44.0 Å². The Morgan fingerprint density at radius 2 is 1.60 bits per heavy atom. The molecule has 1 aliphatic rings. The number of aromatic nitrogens is 2. The first-order valence-electron chi connectivity index (χ1n) is 10.6. The quantitative estimate of drug-likeness (QED) is 0.586. The first-order valence-corrected chi connectivity index (χ1v) is 10.6. The number of fused-ring (bicyclic) bond motifs is 1. The summed E-state index contributed by atoms with van der Waals surface area (Å²) in [6.45, 7) is 7.57. The average molecular weight is 405 g/mol. The monoisotopic (exact) mass is 404 g/mol. The maximum atomic E-state index is 12.6. The van der Waals surface area contributed by atoms with E-state index in [1.165, 1.54) is 0 Å². The average Bonchev–Trinajstić information content (AvgIpc) is 2.77. The van der Waals surface area contributed by atoms with Crippen molar-refractivity contribution in [2.24, 2.45) is 0 Å². The van der Waals surface area contributed by atoms with E-state index in [0.29, 0.717) is 26.1 Å². The molecule has 0 unspecified atom stereocenters. The topological polar surface area (TPSA) is 58.6 Å². The number of benzene rings is 2. The van der Waals surface area contributed by atoms with E-state index in [1.807, 2.05) is 67.3 Å². The molecule has 0 N–H and O–H groups in total. The third-order valence-electron chi connectivity index (χ3n) is 5.54. The number of nitrogens with zero attached hydrogens (tertiary/aromatic N) is 4. The number of carbonyl (C=O) groups is 1. The van der Waals surface area contributed by atoms with Crippen molar-refractivity contribution in [1.29, 1.82) is 0 Å². The van der Waals surface area contributed by atoms with Gasteiger partial charge in [0.05, 0.1) is 23.3 Å². The molecule has 2 aromatic carbocycles. The van der Waals surface area contributed by atoms with E-state index in [1.54, 1.807) is 0 Å². The van der Waals surface area contributed by atoms with E-state index < -0.39 is 0 Å². The fourth-order valence-electron chi connectivity index (χ4n) is 3.83. The minimum absolute atomic E-state index is 0.198. The molecule has 0 radical (unpaired) electrons. The van der Waals surface area contributed by atoms with Crippen LogP contribution in [0.25, 0.3) is 11.0 Å². The van der Waals surface area contributed by atoms with Crippen LogP contribution in [0.5, 0.6) is 5.75 Å². The highest BCUT2D eigenvalue weighted by molar-refractivity contribution is 5.77. The Bertz CT molecular complexity index is 1030. The summed E-state index contributed by atoms with van der Waals surface area (Å²) in [6, 6.07) is 15.9. The van der Waals surface area contributed by atoms with Gasteiger partial charge in [-0.3, -0.25) is 4.79 Å². The van der Waals surface area contributed by atoms with E-state index in [4.69, 9.17) is 9.72 Å². The lowest BCUT2D eigenvalue weighted by Crippen LogP contribution is -2.49. The van der Waals surface area contributed by atoms with Crippen molar-refractivity contribution < 1.29 is 9.53 Å². The second kappa shape index (κ2) is 9.11. The number of aryl methyl sites for hydroxylation is 2. The third kappa shape index (κ3) is 4.53. The molecule has 4 rings (SSSR count). The Morgan fingerprint density at radius 1 is 0.933 bits per heavy atom. The molecule has 1 aliphatic heterocycles. The van der Waals surface area contributed by atoms with E-state index in [0.717, 1.165) is 53.4 Å². The van der Waals surface area contributed by atoms with E-state index in [2.05, 4.69) is 9.88 Å². The van der Waals surface area contributed by atoms with Gasteiger partial charge in [-0.1, -0.05) is 30.3 Å². The lowest BCUT2D eigenvalue weighted by molar-refractivity contribution is -0.131. The van der Waals surface area contributed by atoms with Gasteiger partial charge in [0.15, 0.2) is 5.82 Å². The van der Waals surface area contributed by atoms with Crippen molar-refractivity contribution in [3.05, 3.63) is 59.8 Å². The number of amides is 1. The van der Waals surface area contributed by atoms with Crippen molar-refractivity contribution in [3.8, 4) is 5.75 Å². The molecule has 1 saturated heterocycles. The summed E-state index contributed by atoms with van der Waals surface area (Å²) in [5, 5.41) is 0. The van der Waals surface area contributed by atoms with Crippen LogP contribution in [-0.2, 0) is 4.79 Å². The third-order valence-corrected chi connectivity index (χ3v) is 5.54. The number of para-hydroxylation sites is 3. The lowest BCUT2D eigenvalue weighted by atomic mass is 10.2. The molecule has 1 aromatic heterocycles. The van der Waals surface area contributed by atoms with Crippen molar-refractivity contribution in [3.63, 3.8) is 0 Å². The minimum Gasteiger partial charge on any atom is -0.493 e. The number of hydrogen-bond donors (Lipinski definition) is 0. The van der Waals surface area contributed by atoms with Gasteiger partial charge >= 0.3 is 0 Å². The van der Waals surface area contributed by atoms with Crippen LogP contribution in [0.1, 0.15) is 24.1 Å². The summed E-state index contributed by atoms with van der Waals surface area (Å²) < 4.78 is 5.80. The van der Waals surface area contributed by atoms with Crippen molar-refractivity contribution >= 4 is 22.8 Å². The molecular formula is C24H28N4O2. The summed E-state index contributed by atoms with van der Waals surface area (Å²) in [7, 11) is 0. The predicted octanol–water partition coefficient (Wildman–Crippen LogP) is 3.75. The van der Waals surface area contributed by atoms with Crippen LogP contribution in [0.4, 0.5) is 5.82 Å². The van der Waals surface area contributed by atoms with Crippen molar-refractivity contribution in [2.45, 2.75) is 26.7 Å². The summed E-state index contributed by atoms with van der Waals surface area (Å²) in [5.74, 6) is 2.02. The van der Waals surface area contributed by atoms with Crippen LogP contribution in [0.3, 0.4) is 0 Å². The number of ether oxygens (including phenoxy) is 1. The Labute approximate surface area is 177 Å². The number of piperazine rings is 1. The first kappa shape index (κ1) is 20.1. The molecule has 6 heteroatoms. The van der Waals surface area contributed by atoms with E-state index in [-0.39, 0.29) is 5.91 Å². The predicted molar refractivity (Wildman–Crippen MR) is 119 cm³/mol. The van der Waals surface area contributed by atoms with Gasteiger partial charge in [-0.25, -0.2) is 9.97 Å². The molecule has 1 amide bonds. The van der Waals surface area contributed by atoms with E-state index >= 15 is 0 Å². The zero-order valence-electron chi connectivity index (χ0n) is 17.7. The maximum absolute atomic E-state index is 12.6. The van der Waals surface area contributed by atoms with Gasteiger partial charge in [0, 0.05) is 32.6 Å². The van der Waals surface area contributed by atoms with Gasteiger partial charge in [-0.15, -0.1) is 0 Å². The largest absolute Gasteiger partial charge is 0.493 e. The molecule has 0 aliphatic carbocycles. The lowest BCUT2D eigenvalue weighted by Gasteiger charge is -2.36. The summed E-state index contributed by atoms with van der Waals surface area (Å²) in [5.41, 5.74) is 3.87. The molecule has 0 spiro atoms. The Morgan fingerprint density at radius 3 is 2.33 bits per heavy atom. The van der Waals surface area contributed by atoms with Crippen LogP contribution in [-0.4, -0.2) is 53.6 Å². The molecule has 1 fully saturated rings. The summed E-state index contributed by atoms with van der Waals surface area (Å²) in [4.78, 5) is 26.3. The van der Waals surface area contributed by atoms with Crippen LogP contribution >= 0.6 is 0 Å². The van der Waals surface area contributed by atoms with Gasteiger partial charge in [0.1, 0.15) is 5.75 Å². The highest BCUT2D eigenvalue weighted by Gasteiger charge is 2.23. The highest BCUT2D eigenvalue weighted by Crippen LogP contribution is 2.21. The van der Waals surface area contributed by atoms with Gasteiger partial charge in [0.25, 0.3) is 0 Å². The molecule has 0 bridgehead atoms. The SMILES string of the molecule is Cc1ccccc1OCCCC(=O)N1CCN(c2nc3ccccc3nc2C)CC1. The van der Waals surface area contributed by atoms with Gasteiger partial charge in [0.2, 0.25) is 5.91 Å². The Balaban J connectivity index is 1.26. The molecule has 2 heterocycles. The molecule has 0 atom stereocenters. The van der Waals surface area contributed by atoms with Crippen LogP contribution < -0.4 is 9.64 Å². The first-order chi connectivity index (χ1) is 14.6. The normalized spacial score (nSPS) is 14.2. The fourth-order valence-corrected chi connectivity index (χ4v) is 3.83. The molecule has 6 nitrogen and oxygen atoms in total. The summed E-state index contributed by atoms with van der Waals surface area (Å²) >= 11 is 0. The maximum Gasteiger partial charge on any atom is 0.222 e. The molecular weight excluding hydrogens is 376 g/mol. The van der Waals surface area contributed by atoms with Crippen LogP contribution in [0, 0.1) is 13.8 Å². The smallest absolute Gasteiger partial charge is 0.222 e. The standard InChI is InChI=1S/C24H28N4O2/c1-18-8-3-6-11-22(18)30-17-7-12-23(29)27-13-15-28(16-14-27)24-19(2)25-20-9-4-5-10-21(20)26-24/h3-6,8-11H,7,12-17H2,1-2H3. The number of anilines is 1. The van der Waals surface area contributed by atoms with Crippen molar-refractivity contribution in [1.82, 2.24) is 14.9 Å². The molecule has 156 valence electrons. The minimum atomic E-state index is 0.198. The number of hydrogen-bond acceptors (Lipinski definition) is 5. The molecule has 3 aromatic rings. The van der Waals surface area contributed by atoms with Gasteiger partial charge < -0.3 is 14.5 Å². The Kier molecular flexibility index (Phi) is 6.12. The zero-order chi connectivity index (χ0) is 20.9. The zero-order valence-corrected chi connectivity index (χ0v) is 17.7.